The minimum absolute atomic E-state index is 0.138. The monoisotopic (exact) mass is 393 g/mol. The number of rotatable bonds is 1. The Morgan fingerprint density at radius 3 is 3.05 bits per heavy atom. The van der Waals surface area contributed by atoms with Crippen LogP contribution < -0.4 is 4.59 Å². The summed E-state index contributed by atoms with van der Waals surface area (Å²) in [6.07, 6.45) is -0.794. The van der Waals surface area contributed by atoms with E-state index >= 15 is 0 Å². The standard InChI is InChI=1S/C10H10N4O6PSe/c15-6-7-4(1-18-21(16,17)20-7)19-10(6)14-3-13-5-8(14)11-2-12-9(5)22/h2-4,6-7,10,15H,1H2,(H,16,17)/t4-,6-,7-,10-/m1/s1. The summed E-state index contributed by atoms with van der Waals surface area (Å²) in [6, 6.07) is 0. The van der Waals surface area contributed by atoms with E-state index < -0.39 is 32.4 Å². The molecule has 2 fully saturated rings. The van der Waals surface area contributed by atoms with Crippen LogP contribution in [0.2, 0.25) is 0 Å². The van der Waals surface area contributed by atoms with Gasteiger partial charge in [0.1, 0.15) is 0 Å². The van der Waals surface area contributed by atoms with Crippen LogP contribution in [0.4, 0.5) is 0 Å². The van der Waals surface area contributed by atoms with Crippen LogP contribution in [0.25, 0.3) is 11.2 Å². The van der Waals surface area contributed by atoms with Gasteiger partial charge in [-0.15, -0.1) is 0 Å². The number of hydrogen-bond donors (Lipinski definition) is 2. The molecule has 2 saturated heterocycles. The number of imidazole rings is 1. The third-order valence-corrected chi connectivity index (χ3v) is 5.18. The fourth-order valence-electron chi connectivity index (χ4n) is 2.58. The topological polar surface area (TPSA) is 129 Å². The van der Waals surface area contributed by atoms with Crippen molar-refractivity contribution in [3.63, 3.8) is 0 Å². The van der Waals surface area contributed by atoms with E-state index in [1.54, 1.807) is 0 Å². The van der Waals surface area contributed by atoms with Crippen LogP contribution in [0, 0.1) is 0 Å². The van der Waals surface area contributed by atoms with Crippen molar-refractivity contribution >= 4 is 39.6 Å². The van der Waals surface area contributed by atoms with Crippen molar-refractivity contribution in [1.29, 1.82) is 0 Å². The summed E-state index contributed by atoms with van der Waals surface area (Å²) in [5, 5.41) is 10.4. The Kier molecular flexibility index (Phi) is 3.37. The van der Waals surface area contributed by atoms with Crippen LogP contribution >= 0.6 is 7.82 Å². The van der Waals surface area contributed by atoms with E-state index in [4.69, 9.17) is 13.8 Å². The summed E-state index contributed by atoms with van der Waals surface area (Å²) in [5.74, 6) is 0. The number of nitrogens with zero attached hydrogens (tertiary/aromatic N) is 4. The zero-order chi connectivity index (χ0) is 15.5. The number of ether oxygens (including phenoxy) is 1. The molecule has 0 amide bonds. The van der Waals surface area contributed by atoms with E-state index in [0.717, 1.165) is 0 Å². The van der Waals surface area contributed by atoms with Crippen molar-refractivity contribution in [3.8, 4) is 0 Å². The Hall–Kier alpha value is -0.901. The van der Waals surface area contributed by atoms with Gasteiger partial charge < -0.3 is 0 Å². The van der Waals surface area contributed by atoms with E-state index in [1.165, 1.54) is 17.2 Å². The maximum absolute atomic E-state index is 11.5. The van der Waals surface area contributed by atoms with Crippen LogP contribution in [0.1, 0.15) is 6.23 Å². The van der Waals surface area contributed by atoms with Gasteiger partial charge >= 0.3 is 131 Å². The zero-order valence-corrected chi connectivity index (χ0v) is 13.5. The number of phosphoric ester groups is 1. The van der Waals surface area contributed by atoms with Gasteiger partial charge in [0.15, 0.2) is 0 Å². The quantitative estimate of drug-likeness (QED) is 0.435. The number of hydrogen-bond acceptors (Lipinski definition) is 8. The molecule has 10 nitrogen and oxygen atoms in total. The Labute approximate surface area is 131 Å². The molecule has 12 heteroatoms. The summed E-state index contributed by atoms with van der Waals surface area (Å²) >= 11 is 2.78. The molecule has 2 aliphatic heterocycles. The second kappa shape index (κ2) is 5.05. The first-order chi connectivity index (χ1) is 10.5. The number of aromatic nitrogens is 4. The van der Waals surface area contributed by atoms with Gasteiger partial charge in [0.05, 0.1) is 0 Å². The van der Waals surface area contributed by atoms with E-state index in [0.29, 0.717) is 15.8 Å². The van der Waals surface area contributed by atoms with Crippen molar-refractivity contribution in [2.45, 2.75) is 24.5 Å². The van der Waals surface area contributed by atoms with Crippen LogP contribution in [0.3, 0.4) is 0 Å². The van der Waals surface area contributed by atoms with Gasteiger partial charge in [-0.1, -0.05) is 0 Å². The summed E-state index contributed by atoms with van der Waals surface area (Å²) in [7, 11) is -4.15. The first-order valence-corrected chi connectivity index (χ1v) is 8.65. The van der Waals surface area contributed by atoms with Crippen molar-refractivity contribution in [3.05, 3.63) is 12.7 Å². The van der Waals surface area contributed by atoms with Gasteiger partial charge in [-0.3, -0.25) is 0 Å². The van der Waals surface area contributed by atoms with Gasteiger partial charge in [-0.05, 0) is 0 Å². The summed E-state index contributed by atoms with van der Waals surface area (Å²) in [6.45, 7) is -0.138. The van der Waals surface area contributed by atoms with Gasteiger partial charge in [0, 0.05) is 0 Å². The number of phosphoric acid groups is 1. The summed E-state index contributed by atoms with van der Waals surface area (Å²) in [4.78, 5) is 21.7. The van der Waals surface area contributed by atoms with Crippen LogP contribution in [0.5, 0.6) is 0 Å². The Morgan fingerprint density at radius 1 is 1.41 bits per heavy atom. The average Bonchev–Trinajstić information content (AvgIpc) is 3.01. The van der Waals surface area contributed by atoms with E-state index in [-0.39, 0.29) is 6.61 Å². The third kappa shape index (κ3) is 2.22. The molecule has 2 N–H and O–H groups in total. The molecule has 117 valence electrons. The van der Waals surface area contributed by atoms with Gasteiger partial charge in [-0.25, -0.2) is 0 Å². The molecule has 1 unspecified atom stereocenters. The van der Waals surface area contributed by atoms with Gasteiger partial charge in [0.2, 0.25) is 0 Å². The fourth-order valence-corrected chi connectivity index (χ4v) is 3.95. The predicted molar refractivity (Wildman–Crippen MR) is 71.3 cm³/mol. The molecular formula is C10H10N4O6PSe. The Balaban J connectivity index is 1.71. The van der Waals surface area contributed by atoms with Crippen molar-refractivity contribution in [2.75, 3.05) is 6.61 Å². The first-order valence-electron chi connectivity index (χ1n) is 6.30. The second-order valence-corrected chi connectivity index (χ2v) is 7.11. The molecular weight excluding hydrogens is 382 g/mol. The summed E-state index contributed by atoms with van der Waals surface area (Å²) < 4.78 is 28.9. The summed E-state index contributed by atoms with van der Waals surface area (Å²) in [5.41, 5.74) is 1.01. The van der Waals surface area contributed by atoms with E-state index in [1.807, 2.05) is 0 Å². The van der Waals surface area contributed by atoms with E-state index in [2.05, 4.69) is 31.0 Å². The SMILES string of the molecule is O=P1(O)OC[C@H]2O[C@@H](n3cnc4c([Se])ncnc43)[C@H](O)[C@@H]2O1. The molecule has 0 spiro atoms. The second-order valence-electron chi connectivity index (χ2n) is 4.89. The van der Waals surface area contributed by atoms with E-state index in [9.17, 15) is 14.6 Å². The van der Waals surface area contributed by atoms with Gasteiger partial charge in [-0.2, -0.15) is 0 Å². The van der Waals surface area contributed by atoms with Crippen molar-refractivity contribution < 1.29 is 28.3 Å². The van der Waals surface area contributed by atoms with Crippen LogP contribution in [-0.4, -0.2) is 70.5 Å². The zero-order valence-electron chi connectivity index (χ0n) is 10.8. The third-order valence-electron chi connectivity index (χ3n) is 3.57. The maximum atomic E-state index is 11.5. The number of aliphatic hydroxyl groups excluding tert-OH is 1. The fraction of sp³-hybridized carbons (Fsp3) is 0.500. The minimum atomic E-state index is -4.15. The molecule has 22 heavy (non-hydrogen) atoms. The Bertz CT molecular complexity index is 786. The molecule has 0 aliphatic carbocycles. The molecule has 4 heterocycles. The van der Waals surface area contributed by atoms with Crippen molar-refractivity contribution in [2.24, 2.45) is 0 Å². The Morgan fingerprint density at radius 2 is 2.23 bits per heavy atom. The molecule has 0 aromatic carbocycles. The molecule has 5 atom stereocenters. The molecule has 2 aliphatic rings. The normalized spacial score (nSPS) is 38.3. The van der Waals surface area contributed by atoms with Gasteiger partial charge in [0.25, 0.3) is 0 Å². The molecule has 2 aromatic heterocycles. The average molecular weight is 392 g/mol. The first kappa shape index (κ1) is 14.7. The molecule has 1 radical (unpaired) electrons. The number of fused-ring (bicyclic) bond motifs is 2. The molecule has 4 rings (SSSR count). The van der Waals surface area contributed by atoms with Crippen LogP contribution in [0.15, 0.2) is 12.7 Å². The molecule has 0 bridgehead atoms. The predicted octanol–water partition coefficient (Wildman–Crippen LogP) is -1.61. The molecule has 2 aromatic rings. The number of aliphatic hydroxyl groups is 1. The molecule has 0 saturated carbocycles. The van der Waals surface area contributed by atoms with Crippen LogP contribution in [-0.2, 0) is 18.3 Å². The van der Waals surface area contributed by atoms with Crippen molar-refractivity contribution in [1.82, 2.24) is 19.5 Å².